The third-order valence-electron chi connectivity index (χ3n) is 3.67. The molecule has 0 heterocycles. The molecular weight excluding hydrogens is 278 g/mol. The van der Waals surface area contributed by atoms with Gasteiger partial charge in [-0.3, -0.25) is 0 Å². The summed E-state index contributed by atoms with van der Waals surface area (Å²) in [4.78, 5) is 0. The van der Waals surface area contributed by atoms with E-state index < -0.39 is 0 Å². The molecule has 0 aliphatic rings. The highest BCUT2D eigenvalue weighted by molar-refractivity contribution is 6.30. The van der Waals surface area contributed by atoms with Crippen molar-refractivity contribution in [3.05, 3.63) is 70.2 Å². The van der Waals surface area contributed by atoms with Gasteiger partial charge < -0.3 is 5.32 Å². The Morgan fingerprint density at radius 1 is 1.10 bits per heavy atom. The molecule has 21 heavy (non-hydrogen) atoms. The highest BCUT2D eigenvalue weighted by Gasteiger charge is 2.12. The first-order valence-electron chi connectivity index (χ1n) is 7.73. The van der Waals surface area contributed by atoms with E-state index in [0.29, 0.717) is 6.04 Å². The number of hydrogen-bond donors (Lipinski definition) is 1. The average Bonchev–Trinajstić information content (AvgIpc) is 2.47. The van der Waals surface area contributed by atoms with E-state index in [-0.39, 0.29) is 0 Å². The van der Waals surface area contributed by atoms with Gasteiger partial charge in [0.1, 0.15) is 0 Å². The van der Waals surface area contributed by atoms with E-state index in [1.54, 1.807) is 0 Å². The minimum absolute atomic E-state index is 0.363. The molecule has 0 saturated carbocycles. The van der Waals surface area contributed by atoms with Crippen LogP contribution >= 0.6 is 11.6 Å². The molecule has 0 aromatic heterocycles. The number of halogens is 1. The summed E-state index contributed by atoms with van der Waals surface area (Å²) in [5, 5.41) is 4.48. The fourth-order valence-electron chi connectivity index (χ4n) is 2.63. The average molecular weight is 302 g/mol. The summed E-state index contributed by atoms with van der Waals surface area (Å²) in [6.07, 6.45) is 3.30. The third-order valence-corrected chi connectivity index (χ3v) is 3.89. The lowest BCUT2D eigenvalue weighted by atomic mass is 9.97. The number of hydrogen-bond acceptors (Lipinski definition) is 1. The normalized spacial score (nSPS) is 12.3. The molecule has 0 spiro atoms. The summed E-state index contributed by atoms with van der Waals surface area (Å²) in [7, 11) is 0. The lowest BCUT2D eigenvalue weighted by Gasteiger charge is -2.20. The summed E-state index contributed by atoms with van der Waals surface area (Å²) >= 11 is 6.22. The molecular formula is C19H24ClN. The van der Waals surface area contributed by atoms with Crippen LogP contribution in [0, 0.1) is 6.92 Å². The largest absolute Gasteiger partial charge is 0.310 e. The molecule has 0 radical (unpaired) electrons. The maximum Gasteiger partial charge on any atom is 0.0411 e. The van der Waals surface area contributed by atoms with E-state index in [1.807, 2.05) is 6.07 Å². The standard InChI is InChI=1S/C19H24ClN/c1-3-11-21-19(10-9-16-7-5-4-6-8-16)17-12-15(2)13-18(20)14-17/h4-8,12-14,19,21H,3,9-11H2,1-2H3. The summed E-state index contributed by atoms with van der Waals surface area (Å²) in [6.45, 7) is 5.33. The van der Waals surface area contributed by atoms with Gasteiger partial charge in [0.05, 0.1) is 0 Å². The Balaban J connectivity index is 2.10. The highest BCUT2D eigenvalue weighted by atomic mass is 35.5. The van der Waals surface area contributed by atoms with Gasteiger partial charge in [0.15, 0.2) is 0 Å². The first-order valence-corrected chi connectivity index (χ1v) is 8.11. The fourth-order valence-corrected chi connectivity index (χ4v) is 2.92. The molecule has 0 aliphatic heterocycles. The van der Waals surface area contributed by atoms with Crippen molar-refractivity contribution >= 4 is 11.6 Å². The van der Waals surface area contributed by atoms with Crippen LogP contribution in [0.5, 0.6) is 0 Å². The van der Waals surface area contributed by atoms with Crippen molar-refractivity contribution in [1.29, 1.82) is 0 Å². The van der Waals surface area contributed by atoms with Crippen molar-refractivity contribution in [3.63, 3.8) is 0 Å². The second kappa shape index (κ2) is 8.21. The number of nitrogens with one attached hydrogen (secondary N) is 1. The van der Waals surface area contributed by atoms with E-state index in [0.717, 1.165) is 30.8 Å². The van der Waals surface area contributed by atoms with Gasteiger partial charge in [0, 0.05) is 11.1 Å². The Morgan fingerprint density at radius 3 is 2.52 bits per heavy atom. The molecule has 0 aliphatic carbocycles. The maximum atomic E-state index is 6.22. The predicted octanol–water partition coefficient (Wildman–Crippen LogP) is 5.32. The summed E-state index contributed by atoms with van der Waals surface area (Å²) in [6, 6.07) is 17.4. The van der Waals surface area contributed by atoms with Gasteiger partial charge in [-0.15, -0.1) is 0 Å². The van der Waals surface area contributed by atoms with Gasteiger partial charge in [0.25, 0.3) is 0 Å². The topological polar surface area (TPSA) is 12.0 Å². The number of rotatable bonds is 7. The van der Waals surface area contributed by atoms with Crippen LogP contribution in [0.15, 0.2) is 48.5 Å². The second-order valence-corrected chi connectivity index (χ2v) is 6.03. The first kappa shape index (κ1) is 16.1. The van der Waals surface area contributed by atoms with E-state index in [4.69, 9.17) is 11.6 Å². The van der Waals surface area contributed by atoms with Crippen LogP contribution in [0.1, 0.15) is 42.5 Å². The Hall–Kier alpha value is -1.31. The molecule has 0 amide bonds. The minimum Gasteiger partial charge on any atom is -0.310 e. The van der Waals surface area contributed by atoms with Crippen LogP contribution in [0.4, 0.5) is 0 Å². The monoisotopic (exact) mass is 301 g/mol. The smallest absolute Gasteiger partial charge is 0.0411 e. The lowest BCUT2D eigenvalue weighted by Crippen LogP contribution is -2.22. The Morgan fingerprint density at radius 2 is 1.86 bits per heavy atom. The van der Waals surface area contributed by atoms with Gasteiger partial charge in [-0.25, -0.2) is 0 Å². The summed E-state index contributed by atoms with van der Waals surface area (Å²) in [5.41, 5.74) is 3.91. The molecule has 1 N–H and O–H groups in total. The molecule has 1 nitrogen and oxygen atoms in total. The molecule has 112 valence electrons. The van der Waals surface area contributed by atoms with Crippen molar-refractivity contribution in [2.24, 2.45) is 0 Å². The second-order valence-electron chi connectivity index (χ2n) is 5.59. The van der Waals surface area contributed by atoms with E-state index in [2.05, 4.69) is 61.6 Å². The van der Waals surface area contributed by atoms with Crippen molar-refractivity contribution < 1.29 is 0 Å². The van der Waals surface area contributed by atoms with Crippen LogP contribution in [0.25, 0.3) is 0 Å². The van der Waals surface area contributed by atoms with Crippen molar-refractivity contribution in [3.8, 4) is 0 Å². The van der Waals surface area contributed by atoms with E-state index >= 15 is 0 Å². The van der Waals surface area contributed by atoms with Gasteiger partial charge in [-0.05, 0) is 61.6 Å². The minimum atomic E-state index is 0.363. The van der Waals surface area contributed by atoms with Gasteiger partial charge in [-0.2, -0.15) is 0 Å². The molecule has 0 fully saturated rings. The molecule has 0 saturated heterocycles. The van der Waals surface area contributed by atoms with Crippen LogP contribution in [0.2, 0.25) is 5.02 Å². The zero-order chi connectivity index (χ0) is 15.1. The van der Waals surface area contributed by atoms with Crippen LogP contribution in [0.3, 0.4) is 0 Å². The quantitative estimate of drug-likeness (QED) is 0.729. The van der Waals surface area contributed by atoms with Crippen LogP contribution in [-0.4, -0.2) is 6.54 Å². The maximum absolute atomic E-state index is 6.22. The number of aryl methyl sites for hydroxylation is 2. The van der Waals surface area contributed by atoms with Gasteiger partial charge >= 0.3 is 0 Å². The molecule has 2 aromatic rings. The van der Waals surface area contributed by atoms with Crippen LogP contribution in [-0.2, 0) is 6.42 Å². The Kier molecular flexibility index (Phi) is 6.28. The SMILES string of the molecule is CCCNC(CCc1ccccc1)c1cc(C)cc(Cl)c1. The van der Waals surface area contributed by atoms with Gasteiger partial charge in [0.2, 0.25) is 0 Å². The predicted molar refractivity (Wildman–Crippen MR) is 92.0 cm³/mol. The Bertz CT molecular complexity index is 530. The summed E-state index contributed by atoms with van der Waals surface area (Å²) in [5.74, 6) is 0. The molecule has 1 atom stereocenters. The highest BCUT2D eigenvalue weighted by Crippen LogP contribution is 2.24. The molecule has 2 rings (SSSR count). The molecule has 1 unspecified atom stereocenters. The van der Waals surface area contributed by atoms with Crippen LogP contribution < -0.4 is 5.32 Å². The first-order chi connectivity index (χ1) is 10.2. The fraction of sp³-hybridized carbons (Fsp3) is 0.368. The molecule has 2 heteroatoms. The zero-order valence-electron chi connectivity index (χ0n) is 12.9. The molecule has 2 aromatic carbocycles. The Labute approximate surface area is 133 Å². The molecule has 0 bridgehead atoms. The van der Waals surface area contributed by atoms with E-state index in [9.17, 15) is 0 Å². The lowest BCUT2D eigenvalue weighted by molar-refractivity contribution is 0.499. The third kappa shape index (κ3) is 5.18. The van der Waals surface area contributed by atoms with Crippen molar-refractivity contribution in [2.75, 3.05) is 6.54 Å². The number of benzene rings is 2. The summed E-state index contributed by atoms with van der Waals surface area (Å²) < 4.78 is 0. The van der Waals surface area contributed by atoms with Gasteiger partial charge in [-0.1, -0.05) is 54.9 Å². The zero-order valence-corrected chi connectivity index (χ0v) is 13.7. The van der Waals surface area contributed by atoms with E-state index in [1.165, 1.54) is 16.7 Å². The van der Waals surface area contributed by atoms with Crippen molar-refractivity contribution in [2.45, 2.75) is 39.2 Å². The van der Waals surface area contributed by atoms with Crippen molar-refractivity contribution in [1.82, 2.24) is 5.32 Å².